The van der Waals surface area contributed by atoms with Gasteiger partial charge in [-0.1, -0.05) is 34.1 Å². The van der Waals surface area contributed by atoms with Crippen molar-refractivity contribution in [2.45, 2.75) is 112 Å². The summed E-state index contributed by atoms with van der Waals surface area (Å²) in [4.78, 5) is 35.9. The van der Waals surface area contributed by atoms with Gasteiger partial charge in [0.2, 0.25) is 6.29 Å². The molecule has 7 nitrogen and oxygen atoms in total. The Bertz CT molecular complexity index is 969. The van der Waals surface area contributed by atoms with Gasteiger partial charge in [-0.3, -0.25) is 9.59 Å². The molecule has 0 bridgehead atoms. The molecule has 1 unspecified atom stereocenters. The molecular formula is C29H42O7. The van der Waals surface area contributed by atoms with Crippen molar-refractivity contribution < 1.29 is 33.3 Å². The Morgan fingerprint density at radius 1 is 0.917 bits per heavy atom. The average molecular weight is 503 g/mol. The minimum atomic E-state index is -1.09. The van der Waals surface area contributed by atoms with Gasteiger partial charge in [-0.2, -0.15) is 0 Å². The molecule has 7 heteroatoms. The van der Waals surface area contributed by atoms with Gasteiger partial charge in [0.05, 0.1) is 6.10 Å². The van der Waals surface area contributed by atoms with Crippen LogP contribution in [-0.4, -0.2) is 36.6 Å². The third kappa shape index (κ3) is 4.10. The summed E-state index contributed by atoms with van der Waals surface area (Å²) < 4.78 is 22.7. The molecule has 0 aromatic carbocycles. The van der Waals surface area contributed by atoms with Gasteiger partial charge >= 0.3 is 17.9 Å². The molecule has 9 atom stereocenters. The normalized spacial score (nSPS) is 45.3. The van der Waals surface area contributed by atoms with E-state index in [9.17, 15) is 14.4 Å². The molecule has 5 aliphatic rings. The molecule has 3 saturated carbocycles. The third-order valence-electron chi connectivity index (χ3n) is 10.8. The number of carbonyl (C=O) groups is 3. The molecule has 4 fully saturated rings. The second kappa shape index (κ2) is 8.85. The summed E-state index contributed by atoms with van der Waals surface area (Å²) in [5, 5.41) is 0. The van der Waals surface area contributed by atoms with Gasteiger partial charge in [0.15, 0.2) is 0 Å². The second-order valence-electron chi connectivity index (χ2n) is 13.2. The highest BCUT2D eigenvalue weighted by atomic mass is 16.7. The van der Waals surface area contributed by atoms with Crippen LogP contribution in [0.15, 0.2) is 11.6 Å². The summed E-state index contributed by atoms with van der Waals surface area (Å²) in [7, 11) is 0. The van der Waals surface area contributed by atoms with E-state index in [1.165, 1.54) is 45.6 Å². The highest BCUT2D eigenvalue weighted by molar-refractivity contribution is 5.86. The molecule has 5 rings (SSSR count). The number of cyclic esters (lactones) is 1. The molecule has 2 aliphatic heterocycles. The van der Waals surface area contributed by atoms with Gasteiger partial charge in [-0.25, -0.2) is 4.79 Å². The van der Waals surface area contributed by atoms with Crippen molar-refractivity contribution in [3.05, 3.63) is 11.6 Å². The molecule has 1 saturated heterocycles. The number of ether oxygens (including phenoxy) is 4. The van der Waals surface area contributed by atoms with Crippen LogP contribution >= 0.6 is 0 Å². The Kier molecular flexibility index (Phi) is 6.33. The Hall–Kier alpha value is -1.89. The van der Waals surface area contributed by atoms with Crippen molar-refractivity contribution in [2.24, 2.45) is 39.9 Å². The van der Waals surface area contributed by atoms with Crippen molar-refractivity contribution in [2.75, 3.05) is 0 Å². The fourth-order valence-electron chi connectivity index (χ4n) is 9.55. The maximum Gasteiger partial charge on any atom is 0.334 e. The number of carbonyl (C=O) groups excluding carboxylic acids is 3. The fraction of sp³-hybridized carbons (Fsp3) is 0.828. The number of hydrogen-bond acceptors (Lipinski definition) is 7. The molecule has 0 aromatic rings. The van der Waals surface area contributed by atoms with E-state index in [1.54, 1.807) is 0 Å². The molecular weight excluding hydrogens is 460 g/mol. The standard InChI is InChI=1S/C29H42O7/c1-16(30)33-25-18-8-9-23-28(5,13-10-22-27(3,4)11-7-12-29(22,23)6)20(18)15-21(35-25)19-14-24(32)36-26(19)34-17(2)31/h14,18,20-23,25-26H,7-13,15H2,1-6H3/t18-,20+,21+,22?,23-,25+,26-,28-,29-/m0/s1. The van der Waals surface area contributed by atoms with Crippen LogP contribution in [0.5, 0.6) is 0 Å². The van der Waals surface area contributed by atoms with Crippen LogP contribution in [0, 0.1) is 39.9 Å². The quantitative estimate of drug-likeness (QED) is 0.483. The molecule has 200 valence electrons. The van der Waals surface area contributed by atoms with Gasteiger partial charge in [0.1, 0.15) is 0 Å². The van der Waals surface area contributed by atoms with Crippen LogP contribution in [-0.2, 0) is 33.3 Å². The van der Waals surface area contributed by atoms with E-state index in [0.717, 1.165) is 19.3 Å². The van der Waals surface area contributed by atoms with E-state index in [-0.39, 0.29) is 28.6 Å². The largest absolute Gasteiger partial charge is 0.436 e. The molecule has 0 N–H and O–H groups in total. The van der Waals surface area contributed by atoms with Gasteiger partial charge < -0.3 is 18.9 Å². The molecule has 0 spiro atoms. The smallest absolute Gasteiger partial charge is 0.334 e. The Morgan fingerprint density at radius 3 is 2.33 bits per heavy atom. The van der Waals surface area contributed by atoms with E-state index < -0.39 is 30.6 Å². The molecule has 36 heavy (non-hydrogen) atoms. The van der Waals surface area contributed by atoms with Crippen LogP contribution in [0.1, 0.15) is 92.9 Å². The SMILES string of the molecule is CC(=O)O[C@H]1OC(=O)C=C1[C@H]1C[C@@H]2[C@H](CC[C@H]3[C@@]2(C)CCC2C(C)(C)CCC[C@@]23C)[C@H](OC(C)=O)O1. The summed E-state index contributed by atoms with van der Waals surface area (Å²) >= 11 is 0. The Balaban J connectivity index is 1.49. The predicted molar refractivity (Wildman–Crippen MR) is 131 cm³/mol. The van der Waals surface area contributed by atoms with Gasteiger partial charge in [-0.15, -0.1) is 0 Å². The average Bonchev–Trinajstić information content (AvgIpc) is 3.11. The monoisotopic (exact) mass is 502 g/mol. The van der Waals surface area contributed by atoms with Crippen LogP contribution in [0.2, 0.25) is 0 Å². The van der Waals surface area contributed by atoms with Crippen LogP contribution in [0.3, 0.4) is 0 Å². The second-order valence-corrected chi connectivity index (χ2v) is 13.2. The molecule has 3 aliphatic carbocycles. The van der Waals surface area contributed by atoms with Gasteiger partial charge in [0, 0.05) is 31.4 Å². The summed E-state index contributed by atoms with van der Waals surface area (Å²) in [6, 6.07) is 0. The van der Waals surface area contributed by atoms with Crippen molar-refractivity contribution in [3.8, 4) is 0 Å². The third-order valence-corrected chi connectivity index (χ3v) is 10.8. The number of rotatable bonds is 3. The van der Waals surface area contributed by atoms with Crippen molar-refractivity contribution in [3.63, 3.8) is 0 Å². The zero-order valence-electron chi connectivity index (χ0n) is 22.6. The van der Waals surface area contributed by atoms with Gasteiger partial charge in [-0.05, 0) is 78.9 Å². The highest BCUT2D eigenvalue weighted by Gasteiger charge is 2.64. The summed E-state index contributed by atoms with van der Waals surface area (Å²) in [6.45, 7) is 12.6. The van der Waals surface area contributed by atoms with Crippen molar-refractivity contribution >= 4 is 17.9 Å². The number of esters is 3. The Labute approximate surface area is 214 Å². The Morgan fingerprint density at radius 2 is 1.64 bits per heavy atom. The predicted octanol–water partition coefficient (Wildman–Crippen LogP) is 5.31. The first-order valence-electron chi connectivity index (χ1n) is 13.8. The van der Waals surface area contributed by atoms with E-state index in [2.05, 4.69) is 27.7 Å². The van der Waals surface area contributed by atoms with Crippen LogP contribution < -0.4 is 0 Å². The van der Waals surface area contributed by atoms with E-state index >= 15 is 0 Å². The van der Waals surface area contributed by atoms with Crippen LogP contribution in [0.25, 0.3) is 0 Å². The maximum atomic E-state index is 12.2. The van der Waals surface area contributed by atoms with Gasteiger partial charge in [0.25, 0.3) is 6.29 Å². The number of fused-ring (bicyclic) bond motifs is 5. The summed E-state index contributed by atoms with van der Waals surface area (Å²) in [5.41, 5.74) is 1.22. The maximum absolute atomic E-state index is 12.2. The molecule has 0 radical (unpaired) electrons. The summed E-state index contributed by atoms with van der Waals surface area (Å²) in [6.07, 6.45) is 8.06. The van der Waals surface area contributed by atoms with Crippen LogP contribution in [0.4, 0.5) is 0 Å². The van der Waals surface area contributed by atoms with Crippen molar-refractivity contribution in [1.29, 1.82) is 0 Å². The van der Waals surface area contributed by atoms with E-state index in [4.69, 9.17) is 18.9 Å². The lowest BCUT2D eigenvalue weighted by Gasteiger charge is -2.67. The minimum Gasteiger partial charge on any atom is -0.436 e. The topological polar surface area (TPSA) is 88.1 Å². The first-order valence-corrected chi connectivity index (χ1v) is 13.8. The first kappa shape index (κ1) is 25.7. The van der Waals surface area contributed by atoms with E-state index in [1.807, 2.05) is 0 Å². The number of hydrogen-bond donors (Lipinski definition) is 0. The highest BCUT2D eigenvalue weighted by Crippen LogP contribution is 2.70. The lowest BCUT2D eigenvalue weighted by Crippen LogP contribution is -2.62. The van der Waals surface area contributed by atoms with Crippen molar-refractivity contribution in [1.82, 2.24) is 0 Å². The molecule has 0 aromatic heterocycles. The fourth-order valence-corrected chi connectivity index (χ4v) is 9.55. The molecule has 0 amide bonds. The zero-order valence-corrected chi connectivity index (χ0v) is 22.6. The zero-order chi connectivity index (χ0) is 26.0. The van der Waals surface area contributed by atoms with E-state index in [0.29, 0.717) is 29.2 Å². The summed E-state index contributed by atoms with van der Waals surface area (Å²) in [5.74, 6) is 0.218. The lowest BCUT2D eigenvalue weighted by molar-refractivity contribution is -0.270. The lowest BCUT2D eigenvalue weighted by atomic mass is 9.38. The first-order chi connectivity index (χ1) is 16.8. The molecule has 2 heterocycles. The minimum absolute atomic E-state index is 0.0724.